The molecule has 96 valence electrons. The topological polar surface area (TPSA) is 64.4 Å². The smallest absolute Gasteiger partial charge is 0.296 e. The fourth-order valence-corrected chi connectivity index (χ4v) is 1.78. The van der Waals surface area contributed by atoms with E-state index in [1.165, 1.54) is 18.7 Å². The SMILES string of the molecule is CC#CCn1c(Br)nc(C=O)c1C(=O)N(C)OC. The zero-order chi connectivity index (χ0) is 13.7. The van der Waals surface area contributed by atoms with Gasteiger partial charge in [-0.1, -0.05) is 5.92 Å². The molecule has 1 rings (SSSR count). The minimum Gasteiger partial charge on any atom is -0.302 e. The molecular formula is C11H12BrN3O3. The van der Waals surface area contributed by atoms with Gasteiger partial charge in [0.25, 0.3) is 5.91 Å². The summed E-state index contributed by atoms with van der Waals surface area (Å²) in [6, 6.07) is 0. The third kappa shape index (κ3) is 2.78. The molecule has 1 aromatic heterocycles. The predicted molar refractivity (Wildman–Crippen MR) is 67.9 cm³/mol. The zero-order valence-corrected chi connectivity index (χ0v) is 11.8. The summed E-state index contributed by atoms with van der Waals surface area (Å²) < 4.78 is 1.89. The van der Waals surface area contributed by atoms with Crippen LogP contribution >= 0.6 is 15.9 Å². The van der Waals surface area contributed by atoms with E-state index in [0.29, 0.717) is 11.0 Å². The van der Waals surface area contributed by atoms with Crippen molar-refractivity contribution in [3.05, 3.63) is 16.1 Å². The van der Waals surface area contributed by atoms with Gasteiger partial charge in [0.2, 0.25) is 0 Å². The van der Waals surface area contributed by atoms with E-state index in [1.807, 2.05) is 0 Å². The van der Waals surface area contributed by atoms with Gasteiger partial charge < -0.3 is 4.57 Å². The van der Waals surface area contributed by atoms with Gasteiger partial charge in [0.15, 0.2) is 11.0 Å². The van der Waals surface area contributed by atoms with Crippen molar-refractivity contribution in [2.45, 2.75) is 13.5 Å². The standard InChI is InChI=1S/C11H12BrN3O3/c1-4-5-6-15-9(10(17)14(2)18-3)8(7-16)13-11(15)12/h7H,6H2,1-3H3. The molecule has 0 atom stereocenters. The van der Waals surface area contributed by atoms with Crippen LogP contribution in [0.15, 0.2) is 4.73 Å². The Kier molecular flexibility index (Phi) is 5.07. The molecule has 0 spiro atoms. The molecule has 0 bridgehead atoms. The molecule has 0 aliphatic rings. The first-order chi connectivity index (χ1) is 8.56. The third-order valence-electron chi connectivity index (χ3n) is 2.24. The summed E-state index contributed by atoms with van der Waals surface area (Å²) >= 11 is 3.19. The maximum absolute atomic E-state index is 12.1. The molecule has 0 saturated heterocycles. The van der Waals surface area contributed by atoms with Gasteiger partial charge in [-0.05, 0) is 22.9 Å². The van der Waals surface area contributed by atoms with E-state index in [4.69, 9.17) is 4.84 Å². The lowest BCUT2D eigenvalue weighted by atomic mass is 10.3. The largest absolute Gasteiger partial charge is 0.302 e. The first-order valence-electron chi connectivity index (χ1n) is 4.99. The van der Waals surface area contributed by atoms with Crippen LogP contribution in [0.3, 0.4) is 0 Å². The Bertz CT molecular complexity index is 528. The molecule has 6 nitrogen and oxygen atoms in total. The number of amides is 1. The van der Waals surface area contributed by atoms with Crippen LogP contribution in [0.4, 0.5) is 0 Å². The summed E-state index contributed by atoms with van der Waals surface area (Å²) in [5, 5.41) is 1.02. The summed E-state index contributed by atoms with van der Waals surface area (Å²) in [7, 11) is 2.81. The van der Waals surface area contributed by atoms with Crippen LogP contribution in [0.2, 0.25) is 0 Å². The Labute approximate surface area is 113 Å². The number of carbonyl (C=O) groups is 2. The highest BCUT2D eigenvalue weighted by Gasteiger charge is 2.24. The van der Waals surface area contributed by atoms with Crippen LogP contribution < -0.4 is 0 Å². The Hall–Kier alpha value is -1.65. The zero-order valence-electron chi connectivity index (χ0n) is 10.2. The van der Waals surface area contributed by atoms with Gasteiger partial charge in [-0.25, -0.2) is 10.0 Å². The highest BCUT2D eigenvalue weighted by molar-refractivity contribution is 9.10. The van der Waals surface area contributed by atoms with Gasteiger partial charge >= 0.3 is 0 Å². The molecule has 1 heterocycles. The van der Waals surface area contributed by atoms with Gasteiger partial charge in [0.05, 0.1) is 13.7 Å². The number of halogens is 1. The van der Waals surface area contributed by atoms with Crippen molar-refractivity contribution in [3.8, 4) is 11.8 Å². The number of imidazole rings is 1. The van der Waals surface area contributed by atoms with Crippen molar-refractivity contribution in [3.63, 3.8) is 0 Å². The molecule has 1 amide bonds. The highest BCUT2D eigenvalue weighted by atomic mass is 79.9. The second-order valence-corrected chi connectivity index (χ2v) is 3.94. The Morgan fingerprint density at radius 1 is 1.67 bits per heavy atom. The van der Waals surface area contributed by atoms with Crippen molar-refractivity contribution >= 4 is 28.1 Å². The van der Waals surface area contributed by atoms with E-state index >= 15 is 0 Å². The van der Waals surface area contributed by atoms with Crippen LogP contribution in [-0.2, 0) is 11.4 Å². The number of aromatic nitrogens is 2. The predicted octanol–water partition coefficient (Wildman–Crippen LogP) is 1.11. The number of hydroxylamine groups is 2. The van der Waals surface area contributed by atoms with Crippen molar-refractivity contribution < 1.29 is 14.4 Å². The molecule has 1 aromatic rings. The van der Waals surface area contributed by atoms with Crippen LogP contribution in [-0.4, -0.2) is 41.0 Å². The third-order valence-corrected chi connectivity index (χ3v) is 2.84. The van der Waals surface area contributed by atoms with E-state index in [2.05, 4.69) is 32.8 Å². The van der Waals surface area contributed by atoms with Gasteiger partial charge in [0, 0.05) is 7.05 Å². The summed E-state index contributed by atoms with van der Waals surface area (Å²) in [5.41, 5.74) is 0.192. The number of hydrogen-bond donors (Lipinski definition) is 0. The van der Waals surface area contributed by atoms with Gasteiger partial charge in [-0.3, -0.25) is 14.4 Å². The molecular weight excluding hydrogens is 302 g/mol. The van der Waals surface area contributed by atoms with Crippen molar-refractivity contribution in [2.75, 3.05) is 14.2 Å². The average Bonchev–Trinajstić information content (AvgIpc) is 2.70. The number of rotatable bonds is 4. The minimum atomic E-state index is -0.462. The molecule has 0 N–H and O–H groups in total. The highest BCUT2D eigenvalue weighted by Crippen LogP contribution is 2.17. The van der Waals surface area contributed by atoms with E-state index in [1.54, 1.807) is 6.92 Å². The second kappa shape index (κ2) is 6.33. The number of hydrogen-bond acceptors (Lipinski definition) is 4. The van der Waals surface area contributed by atoms with Crippen LogP contribution in [0.5, 0.6) is 0 Å². The molecule has 0 aliphatic heterocycles. The Morgan fingerprint density at radius 2 is 2.33 bits per heavy atom. The summed E-state index contributed by atoms with van der Waals surface area (Å²) in [5.74, 6) is 5.06. The summed E-state index contributed by atoms with van der Waals surface area (Å²) in [4.78, 5) is 31.8. The molecule has 0 aromatic carbocycles. The maximum atomic E-state index is 12.1. The number of nitrogens with zero attached hydrogens (tertiary/aromatic N) is 3. The maximum Gasteiger partial charge on any atom is 0.296 e. The van der Waals surface area contributed by atoms with E-state index < -0.39 is 5.91 Å². The lowest BCUT2D eigenvalue weighted by Gasteiger charge is -2.14. The Morgan fingerprint density at radius 3 is 2.83 bits per heavy atom. The van der Waals surface area contributed by atoms with E-state index in [-0.39, 0.29) is 17.9 Å². The van der Waals surface area contributed by atoms with E-state index in [0.717, 1.165) is 5.06 Å². The van der Waals surface area contributed by atoms with Crippen LogP contribution in [0.25, 0.3) is 0 Å². The fraction of sp³-hybridized carbons (Fsp3) is 0.364. The van der Waals surface area contributed by atoms with Gasteiger partial charge in [0.1, 0.15) is 11.4 Å². The van der Waals surface area contributed by atoms with Crippen LogP contribution in [0, 0.1) is 11.8 Å². The van der Waals surface area contributed by atoms with Gasteiger partial charge in [-0.15, -0.1) is 5.92 Å². The normalized spacial score (nSPS) is 9.56. The molecule has 0 saturated carbocycles. The molecule has 7 heteroatoms. The molecule has 0 radical (unpaired) electrons. The minimum absolute atomic E-state index is 0.0497. The molecule has 0 aliphatic carbocycles. The number of carbonyl (C=O) groups excluding carboxylic acids is 2. The van der Waals surface area contributed by atoms with Crippen molar-refractivity contribution in [1.82, 2.24) is 14.6 Å². The molecule has 18 heavy (non-hydrogen) atoms. The van der Waals surface area contributed by atoms with Crippen LogP contribution in [0.1, 0.15) is 27.9 Å². The first-order valence-corrected chi connectivity index (χ1v) is 5.79. The second-order valence-electron chi connectivity index (χ2n) is 3.23. The summed E-state index contributed by atoms with van der Waals surface area (Å²) in [6.07, 6.45) is 0.525. The number of aldehydes is 1. The first kappa shape index (κ1) is 14.4. The molecule has 0 unspecified atom stereocenters. The Balaban J connectivity index is 3.31. The lowest BCUT2D eigenvalue weighted by molar-refractivity contribution is -0.0763. The average molecular weight is 314 g/mol. The molecule has 0 fully saturated rings. The van der Waals surface area contributed by atoms with Gasteiger partial charge in [-0.2, -0.15) is 0 Å². The fourth-order valence-electron chi connectivity index (χ4n) is 1.28. The van der Waals surface area contributed by atoms with Crippen molar-refractivity contribution in [2.24, 2.45) is 0 Å². The summed E-state index contributed by atoms with van der Waals surface area (Å²) in [6.45, 7) is 1.95. The van der Waals surface area contributed by atoms with E-state index in [9.17, 15) is 9.59 Å². The lowest BCUT2D eigenvalue weighted by Crippen LogP contribution is -2.28. The quantitative estimate of drug-likeness (QED) is 0.474. The van der Waals surface area contributed by atoms with Crippen molar-refractivity contribution in [1.29, 1.82) is 0 Å². The monoisotopic (exact) mass is 313 g/mol.